The first-order chi connectivity index (χ1) is 11.2. The van der Waals surface area contributed by atoms with Crippen molar-refractivity contribution in [3.8, 4) is 0 Å². The molecule has 2 aromatic rings. The Morgan fingerprint density at radius 1 is 1.09 bits per heavy atom. The van der Waals surface area contributed by atoms with Crippen molar-refractivity contribution >= 4 is 29.0 Å². The molecule has 3 amide bonds. The van der Waals surface area contributed by atoms with Gasteiger partial charge in [0.2, 0.25) is 5.91 Å². The molecule has 2 rings (SSSR count). The topological polar surface area (TPSA) is 70.2 Å². The van der Waals surface area contributed by atoms with Crippen molar-refractivity contribution in [2.75, 3.05) is 18.4 Å². The number of anilines is 1. The molecule has 6 heteroatoms. The summed E-state index contributed by atoms with van der Waals surface area (Å²) in [7, 11) is 0. The van der Waals surface area contributed by atoms with Crippen LogP contribution in [0.1, 0.15) is 17.4 Å². The van der Waals surface area contributed by atoms with E-state index in [1.807, 2.05) is 48.7 Å². The minimum atomic E-state index is -0.333. The number of hydrogen-bond donors (Lipinski definition) is 3. The molecule has 122 valence electrons. The molecule has 1 aromatic carbocycles. The standard InChI is InChI=1S/C17H21N3O2S/c1-2-13-6-3-4-8-15(13)20-16(21)12-19-17(22)18-10-9-14-7-5-11-23-14/h3-8,11H,2,9-10,12H2,1H3,(H,20,21)(H2,18,19,22). The maximum atomic E-state index is 11.9. The third-order valence-corrected chi connectivity index (χ3v) is 4.26. The van der Waals surface area contributed by atoms with E-state index in [0.29, 0.717) is 6.54 Å². The molecule has 0 saturated carbocycles. The number of carbonyl (C=O) groups is 2. The second kappa shape index (κ2) is 8.95. The van der Waals surface area contributed by atoms with Crippen LogP contribution in [0.25, 0.3) is 0 Å². The summed E-state index contributed by atoms with van der Waals surface area (Å²) in [6.07, 6.45) is 1.63. The first kappa shape index (κ1) is 17.0. The second-order valence-electron chi connectivity index (χ2n) is 5.00. The van der Waals surface area contributed by atoms with Crippen molar-refractivity contribution in [3.05, 3.63) is 52.2 Å². The first-order valence-corrected chi connectivity index (χ1v) is 8.49. The Labute approximate surface area is 140 Å². The number of para-hydroxylation sites is 1. The van der Waals surface area contributed by atoms with E-state index in [9.17, 15) is 9.59 Å². The minimum absolute atomic E-state index is 0.0527. The Morgan fingerprint density at radius 3 is 2.65 bits per heavy atom. The summed E-state index contributed by atoms with van der Waals surface area (Å²) in [5.41, 5.74) is 1.86. The van der Waals surface area contributed by atoms with Crippen LogP contribution in [0, 0.1) is 0 Å². The average Bonchev–Trinajstić information content (AvgIpc) is 3.07. The molecular formula is C17H21N3O2S. The summed E-state index contributed by atoms with van der Waals surface area (Å²) in [6, 6.07) is 11.3. The fraction of sp³-hybridized carbons (Fsp3) is 0.294. The summed E-state index contributed by atoms with van der Waals surface area (Å²) in [4.78, 5) is 24.8. The van der Waals surface area contributed by atoms with Gasteiger partial charge in [0.25, 0.3) is 0 Å². The van der Waals surface area contributed by atoms with E-state index in [2.05, 4.69) is 16.0 Å². The lowest BCUT2D eigenvalue weighted by molar-refractivity contribution is -0.115. The molecule has 0 radical (unpaired) electrons. The highest BCUT2D eigenvalue weighted by Crippen LogP contribution is 2.14. The van der Waals surface area contributed by atoms with Gasteiger partial charge in [-0.15, -0.1) is 11.3 Å². The Hall–Kier alpha value is -2.34. The second-order valence-corrected chi connectivity index (χ2v) is 6.03. The summed E-state index contributed by atoms with van der Waals surface area (Å²) in [5, 5.41) is 10.1. The van der Waals surface area contributed by atoms with Crippen molar-refractivity contribution in [3.63, 3.8) is 0 Å². The van der Waals surface area contributed by atoms with Crippen LogP contribution >= 0.6 is 11.3 Å². The van der Waals surface area contributed by atoms with E-state index in [0.717, 1.165) is 24.1 Å². The molecule has 5 nitrogen and oxygen atoms in total. The number of thiophene rings is 1. The van der Waals surface area contributed by atoms with Crippen molar-refractivity contribution in [1.29, 1.82) is 0 Å². The first-order valence-electron chi connectivity index (χ1n) is 7.61. The monoisotopic (exact) mass is 331 g/mol. The molecular weight excluding hydrogens is 310 g/mol. The smallest absolute Gasteiger partial charge is 0.315 e. The van der Waals surface area contributed by atoms with E-state index in [1.165, 1.54) is 4.88 Å². The summed E-state index contributed by atoms with van der Waals surface area (Å²) >= 11 is 1.66. The molecule has 0 atom stereocenters. The molecule has 0 unspecified atom stereocenters. The largest absolute Gasteiger partial charge is 0.338 e. The molecule has 1 aromatic heterocycles. The van der Waals surface area contributed by atoms with Gasteiger partial charge in [0.1, 0.15) is 0 Å². The zero-order valence-electron chi connectivity index (χ0n) is 13.1. The molecule has 0 aliphatic rings. The molecule has 1 heterocycles. The molecule has 0 aliphatic carbocycles. The number of nitrogens with one attached hydrogen (secondary N) is 3. The van der Waals surface area contributed by atoms with E-state index in [4.69, 9.17) is 0 Å². The fourth-order valence-corrected chi connectivity index (χ4v) is 2.83. The maximum Gasteiger partial charge on any atom is 0.315 e. The number of rotatable bonds is 7. The Kier molecular flexibility index (Phi) is 6.62. The Bertz CT molecular complexity index is 641. The van der Waals surface area contributed by atoms with Crippen LogP contribution in [-0.4, -0.2) is 25.0 Å². The van der Waals surface area contributed by atoms with Crippen LogP contribution in [0.15, 0.2) is 41.8 Å². The van der Waals surface area contributed by atoms with Gasteiger partial charge >= 0.3 is 6.03 Å². The van der Waals surface area contributed by atoms with Crippen molar-refractivity contribution < 1.29 is 9.59 Å². The van der Waals surface area contributed by atoms with E-state index < -0.39 is 0 Å². The average molecular weight is 331 g/mol. The predicted octanol–water partition coefficient (Wildman–Crippen LogP) is 2.79. The molecule has 23 heavy (non-hydrogen) atoms. The highest BCUT2D eigenvalue weighted by atomic mass is 32.1. The van der Waals surface area contributed by atoms with Gasteiger partial charge < -0.3 is 16.0 Å². The van der Waals surface area contributed by atoms with Gasteiger partial charge in [-0.05, 0) is 35.9 Å². The van der Waals surface area contributed by atoms with Gasteiger partial charge in [0.15, 0.2) is 0 Å². The SMILES string of the molecule is CCc1ccccc1NC(=O)CNC(=O)NCCc1cccs1. The van der Waals surface area contributed by atoms with Crippen LogP contribution in [-0.2, 0) is 17.6 Å². The quantitative estimate of drug-likeness (QED) is 0.730. The van der Waals surface area contributed by atoms with Crippen LogP contribution < -0.4 is 16.0 Å². The number of aryl methyl sites for hydroxylation is 1. The van der Waals surface area contributed by atoms with Gasteiger partial charge in [-0.1, -0.05) is 31.2 Å². The molecule has 0 spiro atoms. The molecule has 0 bridgehead atoms. The summed E-state index contributed by atoms with van der Waals surface area (Å²) in [6.45, 7) is 2.53. The van der Waals surface area contributed by atoms with E-state index in [-0.39, 0.29) is 18.5 Å². The summed E-state index contributed by atoms with van der Waals surface area (Å²) < 4.78 is 0. The predicted molar refractivity (Wildman–Crippen MR) is 93.9 cm³/mol. The number of benzene rings is 1. The molecule has 0 saturated heterocycles. The van der Waals surface area contributed by atoms with Gasteiger partial charge in [-0.2, -0.15) is 0 Å². The van der Waals surface area contributed by atoms with Gasteiger partial charge in [-0.25, -0.2) is 4.79 Å². The van der Waals surface area contributed by atoms with Gasteiger partial charge in [-0.3, -0.25) is 4.79 Å². The highest BCUT2D eigenvalue weighted by molar-refractivity contribution is 7.09. The lowest BCUT2D eigenvalue weighted by atomic mass is 10.1. The Balaban J connectivity index is 1.68. The fourth-order valence-electron chi connectivity index (χ4n) is 2.12. The zero-order valence-corrected chi connectivity index (χ0v) is 13.9. The molecule has 0 aliphatic heterocycles. The lowest BCUT2D eigenvalue weighted by Crippen LogP contribution is -2.40. The van der Waals surface area contributed by atoms with Crippen molar-refractivity contribution in [2.24, 2.45) is 0 Å². The third kappa shape index (κ3) is 5.75. The van der Waals surface area contributed by atoms with Crippen molar-refractivity contribution in [1.82, 2.24) is 10.6 Å². The number of hydrogen-bond acceptors (Lipinski definition) is 3. The van der Waals surface area contributed by atoms with Crippen LogP contribution in [0.3, 0.4) is 0 Å². The third-order valence-electron chi connectivity index (χ3n) is 3.32. The van der Waals surface area contributed by atoms with Crippen molar-refractivity contribution in [2.45, 2.75) is 19.8 Å². The van der Waals surface area contributed by atoms with Crippen LogP contribution in [0.5, 0.6) is 0 Å². The highest BCUT2D eigenvalue weighted by Gasteiger charge is 2.07. The number of amides is 3. The van der Waals surface area contributed by atoms with E-state index in [1.54, 1.807) is 11.3 Å². The zero-order chi connectivity index (χ0) is 16.5. The van der Waals surface area contributed by atoms with Crippen LogP contribution in [0.2, 0.25) is 0 Å². The van der Waals surface area contributed by atoms with E-state index >= 15 is 0 Å². The minimum Gasteiger partial charge on any atom is -0.338 e. The molecule has 0 fully saturated rings. The number of urea groups is 1. The van der Waals surface area contributed by atoms with Crippen LogP contribution in [0.4, 0.5) is 10.5 Å². The Morgan fingerprint density at radius 2 is 1.91 bits per heavy atom. The molecule has 3 N–H and O–H groups in total. The lowest BCUT2D eigenvalue weighted by Gasteiger charge is -2.10. The summed E-state index contributed by atoms with van der Waals surface area (Å²) in [5.74, 6) is -0.237. The van der Waals surface area contributed by atoms with Gasteiger partial charge in [0, 0.05) is 17.1 Å². The number of carbonyl (C=O) groups excluding carboxylic acids is 2. The normalized spacial score (nSPS) is 10.1. The van der Waals surface area contributed by atoms with Gasteiger partial charge in [0.05, 0.1) is 6.54 Å². The maximum absolute atomic E-state index is 11.9.